The average Bonchev–Trinajstić information content (AvgIpc) is 2.62. The first-order valence-corrected chi connectivity index (χ1v) is 8.35. The van der Waals surface area contributed by atoms with Crippen LogP contribution in [0.1, 0.15) is 6.92 Å². The minimum Gasteiger partial charge on any atom is -0.473 e. The highest BCUT2D eigenvalue weighted by molar-refractivity contribution is 6.30. The highest BCUT2D eigenvalue weighted by Crippen LogP contribution is 2.34. The maximum Gasteiger partial charge on any atom is 0.372 e. The molecule has 1 aromatic heterocycles. The van der Waals surface area contributed by atoms with Gasteiger partial charge in [-0.05, 0) is 25.1 Å². The van der Waals surface area contributed by atoms with Gasteiger partial charge in [-0.1, -0.05) is 17.7 Å². The normalized spacial score (nSPS) is 14.5. The van der Waals surface area contributed by atoms with Crippen LogP contribution in [0.4, 0.5) is 17.2 Å². The molecule has 1 saturated heterocycles. The molecule has 8 nitrogen and oxygen atoms in total. The molecule has 1 fully saturated rings. The molecule has 25 heavy (non-hydrogen) atoms. The van der Waals surface area contributed by atoms with Crippen molar-refractivity contribution in [2.45, 2.75) is 6.92 Å². The van der Waals surface area contributed by atoms with Crippen molar-refractivity contribution in [3.63, 3.8) is 0 Å². The van der Waals surface area contributed by atoms with Gasteiger partial charge in [0.1, 0.15) is 6.33 Å². The van der Waals surface area contributed by atoms with Crippen LogP contribution < -0.4 is 14.5 Å². The van der Waals surface area contributed by atoms with Gasteiger partial charge >= 0.3 is 5.69 Å². The van der Waals surface area contributed by atoms with E-state index >= 15 is 0 Å². The van der Waals surface area contributed by atoms with E-state index in [4.69, 9.17) is 16.3 Å². The Morgan fingerprint density at radius 1 is 1.24 bits per heavy atom. The third kappa shape index (κ3) is 3.74. The zero-order valence-electron chi connectivity index (χ0n) is 13.8. The predicted molar refractivity (Wildman–Crippen MR) is 95.7 cm³/mol. The largest absolute Gasteiger partial charge is 0.473 e. The van der Waals surface area contributed by atoms with E-state index in [1.54, 1.807) is 6.92 Å². The number of aromatic nitrogens is 2. The first kappa shape index (κ1) is 17.2. The van der Waals surface area contributed by atoms with Crippen LogP contribution in [0.25, 0.3) is 0 Å². The number of ether oxygens (including phenoxy) is 1. The van der Waals surface area contributed by atoms with E-state index in [2.05, 4.69) is 14.9 Å². The van der Waals surface area contributed by atoms with Crippen molar-refractivity contribution in [3.8, 4) is 5.88 Å². The molecule has 0 aliphatic carbocycles. The van der Waals surface area contributed by atoms with E-state index in [1.807, 2.05) is 29.2 Å². The topological polar surface area (TPSA) is 84.6 Å². The fraction of sp³-hybridized carbons (Fsp3) is 0.375. The van der Waals surface area contributed by atoms with E-state index in [-0.39, 0.29) is 11.6 Å². The smallest absolute Gasteiger partial charge is 0.372 e. The Morgan fingerprint density at radius 3 is 2.60 bits per heavy atom. The van der Waals surface area contributed by atoms with Gasteiger partial charge in [0.2, 0.25) is 5.82 Å². The summed E-state index contributed by atoms with van der Waals surface area (Å²) in [5.41, 5.74) is 0.861. The van der Waals surface area contributed by atoms with Crippen molar-refractivity contribution < 1.29 is 9.66 Å². The Labute approximate surface area is 150 Å². The van der Waals surface area contributed by atoms with Gasteiger partial charge in [0, 0.05) is 36.9 Å². The maximum atomic E-state index is 11.5. The van der Waals surface area contributed by atoms with Gasteiger partial charge in [-0.2, -0.15) is 4.98 Å². The van der Waals surface area contributed by atoms with Crippen LogP contribution in [0.15, 0.2) is 30.6 Å². The average molecular weight is 364 g/mol. The molecule has 0 unspecified atom stereocenters. The molecule has 2 aromatic rings. The highest BCUT2D eigenvalue weighted by Gasteiger charge is 2.30. The third-order valence-corrected chi connectivity index (χ3v) is 4.22. The molecule has 132 valence electrons. The second-order valence-electron chi connectivity index (χ2n) is 5.50. The van der Waals surface area contributed by atoms with Crippen molar-refractivity contribution in [2.75, 3.05) is 42.6 Å². The van der Waals surface area contributed by atoms with Crippen LogP contribution in [0.2, 0.25) is 5.02 Å². The Hall–Kier alpha value is -2.61. The number of hydrogen-bond acceptors (Lipinski definition) is 7. The number of benzene rings is 1. The van der Waals surface area contributed by atoms with Gasteiger partial charge in [0.15, 0.2) is 0 Å². The summed E-state index contributed by atoms with van der Waals surface area (Å²) in [7, 11) is 0. The summed E-state index contributed by atoms with van der Waals surface area (Å²) < 4.78 is 5.29. The number of rotatable bonds is 5. The van der Waals surface area contributed by atoms with Crippen LogP contribution in [0.3, 0.4) is 0 Å². The van der Waals surface area contributed by atoms with Crippen LogP contribution in [0.5, 0.6) is 5.88 Å². The molecule has 0 amide bonds. The monoisotopic (exact) mass is 363 g/mol. The highest BCUT2D eigenvalue weighted by atomic mass is 35.5. The van der Waals surface area contributed by atoms with E-state index in [0.29, 0.717) is 43.6 Å². The Kier molecular flexibility index (Phi) is 5.18. The van der Waals surface area contributed by atoms with Crippen LogP contribution in [-0.4, -0.2) is 47.7 Å². The molecule has 0 spiro atoms. The summed E-state index contributed by atoms with van der Waals surface area (Å²) in [5.74, 6) is 0.309. The second-order valence-corrected chi connectivity index (χ2v) is 5.93. The quantitative estimate of drug-likeness (QED) is 0.596. The number of hydrogen-bond donors (Lipinski definition) is 0. The lowest BCUT2D eigenvalue weighted by molar-refractivity contribution is -0.385. The van der Waals surface area contributed by atoms with Crippen molar-refractivity contribution in [2.24, 2.45) is 0 Å². The molecule has 0 bridgehead atoms. The standard InChI is InChI=1S/C16H18ClN5O3/c1-2-25-16-14(22(23)24)15(18-11-19-16)21-8-6-20(7-9-21)13-5-3-4-12(17)10-13/h3-5,10-11H,2,6-9H2,1H3. The molecule has 1 aliphatic heterocycles. The predicted octanol–water partition coefficient (Wildman–Crippen LogP) is 2.76. The molecule has 9 heteroatoms. The first-order chi connectivity index (χ1) is 12.1. The second kappa shape index (κ2) is 7.52. The molecule has 0 radical (unpaired) electrons. The number of nitro groups is 1. The Morgan fingerprint density at radius 2 is 1.96 bits per heavy atom. The van der Waals surface area contributed by atoms with E-state index in [9.17, 15) is 10.1 Å². The first-order valence-electron chi connectivity index (χ1n) is 7.97. The fourth-order valence-electron chi connectivity index (χ4n) is 2.84. The lowest BCUT2D eigenvalue weighted by atomic mass is 10.2. The molecular formula is C16H18ClN5O3. The molecule has 0 N–H and O–H groups in total. The summed E-state index contributed by atoms with van der Waals surface area (Å²) in [5, 5.41) is 12.2. The van der Waals surface area contributed by atoms with Gasteiger partial charge in [-0.15, -0.1) is 0 Å². The van der Waals surface area contributed by atoms with E-state index in [1.165, 1.54) is 6.33 Å². The molecular weight excluding hydrogens is 346 g/mol. The zero-order chi connectivity index (χ0) is 17.8. The molecule has 0 saturated carbocycles. The van der Waals surface area contributed by atoms with Gasteiger partial charge in [-0.3, -0.25) is 10.1 Å². The molecule has 2 heterocycles. The minimum absolute atomic E-state index is 0.00905. The Bertz CT molecular complexity index is 765. The molecule has 1 aromatic carbocycles. The summed E-state index contributed by atoms with van der Waals surface area (Å²) in [4.78, 5) is 23.1. The zero-order valence-corrected chi connectivity index (χ0v) is 14.5. The summed E-state index contributed by atoms with van der Waals surface area (Å²) in [6, 6.07) is 7.66. The molecule has 1 aliphatic rings. The number of halogens is 1. The van der Waals surface area contributed by atoms with Crippen molar-refractivity contribution in [1.82, 2.24) is 9.97 Å². The van der Waals surface area contributed by atoms with Gasteiger partial charge in [0.25, 0.3) is 5.88 Å². The Balaban J connectivity index is 1.79. The van der Waals surface area contributed by atoms with Crippen LogP contribution >= 0.6 is 11.6 Å². The third-order valence-electron chi connectivity index (χ3n) is 3.99. The lowest BCUT2D eigenvalue weighted by Gasteiger charge is -2.36. The summed E-state index contributed by atoms with van der Waals surface area (Å²) in [6.07, 6.45) is 1.30. The maximum absolute atomic E-state index is 11.5. The van der Waals surface area contributed by atoms with E-state index in [0.717, 1.165) is 5.69 Å². The summed E-state index contributed by atoms with van der Waals surface area (Å²) in [6.45, 7) is 4.71. The van der Waals surface area contributed by atoms with Crippen LogP contribution in [-0.2, 0) is 0 Å². The molecule has 0 atom stereocenters. The van der Waals surface area contributed by atoms with Crippen molar-refractivity contribution in [3.05, 3.63) is 45.7 Å². The SMILES string of the molecule is CCOc1ncnc(N2CCN(c3cccc(Cl)c3)CC2)c1[N+](=O)[O-]. The lowest BCUT2D eigenvalue weighted by Crippen LogP contribution is -2.47. The number of anilines is 2. The van der Waals surface area contributed by atoms with Gasteiger partial charge in [0.05, 0.1) is 11.5 Å². The molecule has 3 rings (SSSR count). The minimum atomic E-state index is -0.482. The van der Waals surface area contributed by atoms with Crippen molar-refractivity contribution in [1.29, 1.82) is 0 Å². The van der Waals surface area contributed by atoms with E-state index < -0.39 is 4.92 Å². The number of piperazine rings is 1. The summed E-state index contributed by atoms with van der Waals surface area (Å²) >= 11 is 6.05. The van der Waals surface area contributed by atoms with Crippen molar-refractivity contribution >= 4 is 28.8 Å². The van der Waals surface area contributed by atoms with Gasteiger partial charge < -0.3 is 14.5 Å². The fourth-order valence-corrected chi connectivity index (χ4v) is 3.02. The van der Waals surface area contributed by atoms with Gasteiger partial charge in [-0.25, -0.2) is 4.98 Å². The number of nitrogens with zero attached hydrogens (tertiary/aromatic N) is 5. The van der Waals surface area contributed by atoms with Crippen LogP contribution in [0, 0.1) is 10.1 Å².